The molecule has 1 saturated heterocycles. The molecule has 27 heavy (non-hydrogen) atoms. The van der Waals surface area contributed by atoms with Crippen molar-refractivity contribution in [1.29, 1.82) is 0 Å². The fourth-order valence-corrected chi connectivity index (χ4v) is 4.31. The summed E-state index contributed by atoms with van der Waals surface area (Å²) >= 11 is 0. The lowest BCUT2D eigenvalue weighted by molar-refractivity contribution is -0.0686. The van der Waals surface area contributed by atoms with Gasteiger partial charge in [-0.2, -0.15) is 5.10 Å². The summed E-state index contributed by atoms with van der Waals surface area (Å²) in [5, 5.41) is 7.53. The van der Waals surface area contributed by atoms with Gasteiger partial charge in [0.05, 0.1) is 18.8 Å². The molecule has 0 radical (unpaired) electrons. The van der Waals surface area contributed by atoms with Crippen LogP contribution in [0, 0.1) is 0 Å². The average molecular weight is 368 g/mol. The molecule has 0 bridgehead atoms. The zero-order chi connectivity index (χ0) is 18.8. The Kier molecular flexibility index (Phi) is 5.27. The summed E-state index contributed by atoms with van der Waals surface area (Å²) in [7, 11) is 4.08. The minimum Gasteiger partial charge on any atom is -0.373 e. The number of aromatic amines is 1. The highest BCUT2D eigenvalue weighted by Gasteiger charge is 2.38. The summed E-state index contributed by atoms with van der Waals surface area (Å²) in [6, 6.07) is 10.1. The first kappa shape index (κ1) is 18.2. The van der Waals surface area contributed by atoms with E-state index in [-0.39, 0.29) is 18.1 Å². The highest BCUT2D eigenvalue weighted by molar-refractivity contribution is 5.94. The maximum atomic E-state index is 13.5. The number of fused-ring (bicyclic) bond motifs is 1. The van der Waals surface area contributed by atoms with Crippen molar-refractivity contribution in [2.75, 3.05) is 33.8 Å². The highest BCUT2D eigenvalue weighted by Crippen LogP contribution is 2.32. The van der Waals surface area contributed by atoms with Gasteiger partial charge in [0.15, 0.2) is 5.69 Å². The molecule has 1 N–H and O–H groups in total. The lowest BCUT2D eigenvalue weighted by Crippen LogP contribution is -2.51. The molecule has 2 atom stereocenters. The molecule has 1 amide bonds. The van der Waals surface area contributed by atoms with Crippen molar-refractivity contribution >= 4 is 5.91 Å². The van der Waals surface area contributed by atoms with Crippen LogP contribution in [0.2, 0.25) is 0 Å². The molecule has 0 unspecified atom stereocenters. The number of hydrogen-bond acceptors (Lipinski definition) is 4. The molecule has 2 heterocycles. The standard InChI is InChI=1S/C21H28N4O2/c1-24(2)14-18-20(15-8-4-3-5-9-15)25(12-13-27-18)21(26)19-16-10-6-7-11-17(16)22-23-19/h3-5,8-9,18,20H,6-7,10-14H2,1-2H3,(H,22,23)/t18-,20-/m0/s1. The fourth-order valence-electron chi connectivity index (χ4n) is 4.31. The van der Waals surface area contributed by atoms with Gasteiger partial charge in [0.1, 0.15) is 0 Å². The number of aryl methyl sites for hydroxylation is 1. The van der Waals surface area contributed by atoms with Crippen molar-refractivity contribution < 1.29 is 9.53 Å². The van der Waals surface area contributed by atoms with Gasteiger partial charge in [-0.25, -0.2) is 0 Å². The van der Waals surface area contributed by atoms with Gasteiger partial charge in [-0.3, -0.25) is 9.89 Å². The zero-order valence-corrected chi connectivity index (χ0v) is 16.1. The second kappa shape index (κ2) is 7.82. The summed E-state index contributed by atoms with van der Waals surface area (Å²) in [6.45, 7) is 1.91. The van der Waals surface area contributed by atoms with Crippen LogP contribution in [0.4, 0.5) is 0 Å². The first-order valence-corrected chi connectivity index (χ1v) is 9.83. The number of likely N-dealkylation sites (N-methyl/N-ethyl adjacent to an activating group) is 1. The van der Waals surface area contributed by atoms with E-state index in [1.807, 2.05) is 37.2 Å². The largest absolute Gasteiger partial charge is 0.373 e. The van der Waals surface area contributed by atoms with Gasteiger partial charge < -0.3 is 14.5 Å². The first-order valence-electron chi connectivity index (χ1n) is 9.83. The van der Waals surface area contributed by atoms with Crippen LogP contribution in [0.1, 0.15) is 46.2 Å². The summed E-state index contributed by atoms with van der Waals surface area (Å²) in [5.41, 5.74) is 3.98. The maximum absolute atomic E-state index is 13.5. The van der Waals surface area contributed by atoms with Gasteiger partial charge in [-0.05, 0) is 45.3 Å². The van der Waals surface area contributed by atoms with Gasteiger partial charge in [0.2, 0.25) is 0 Å². The van der Waals surface area contributed by atoms with Crippen LogP contribution >= 0.6 is 0 Å². The SMILES string of the molecule is CN(C)C[C@@H]1OCCN(C(=O)c2n[nH]c3c2CCCC3)[C@H]1c1ccccc1. The van der Waals surface area contributed by atoms with E-state index in [9.17, 15) is 4.79 Å². The quantitative estimate of drug-likeness (QED) is 0.900. The number of H-pyrrole nitrogens is 1. The number of nitrogens with one attached hydrogen (secondary N) is 1. The van der Waals surface area contributed by atoms with E-state index in [0.29, 0.717) is 18.8 Å². The lowest BCUT2D eigenvalue weighted by atomic mass is 9.94. The molecular formula is C21H28N4O2. The van der Waals surface area contributed by atoms with Crippen LogP contribution in [-0.4, -0.2) is 65.8 Å². The molecular weight excluding hydrogens is 340 g/mol. The molecule has 4 rings (SSSR count). The summed E-state index contributed by atoms with van der Waals surface area (Å²) in [4.78, 5) is 17.6. The molecule has 1 fully saturated rings. The number of hydrogen-bond donors (Lipinski definition) is 1. The molecule has 1 aromatic heterocycles. The third kappa shape index (κ3) is 3.64. The third-order valence-electron chi connectivity index (χ3n) is 5.56. The first-order chi connectivity index (χ1) is 13.1. The summed E-state index contributed by atoms with van der Waals surface area (Å²) < 4.78 is 6.10. The number of nitrogens with zero attached hydrogens (tertiary/aromatic N) is 3. The number of carbonyl (C=O) groups is 1. The van der Waals surface area contributed by atoms with E-state index in [0.717, 1.165) is 49.0 Å². The Hall–Kier alpha value is -2.18. The van der Waals surface area contributed by atoms with Gasteiger partial charge in [0.25, 0.3) is 5.91 Å². The Bertz CT molecular complexity index is 787. The predicted octanol–water partition coefficient (Wildman–Crippen LogP) is 2.43. The fraction of sp³-hybridized carbons (Fsp3) is 0.524. The number of benzene rings is 1. The number of rotatable bonds is 4. The maximum Gasteiger partial charge on any atom is 0.275 e. The summed E-state index contributed by atoms with van der Waals surface area (Å²) in [5.74, 6) is 0.0234. The van der Waals surface area contributed by atoms with Crippen LogP contribution in [-0.2, 0) is 17.6 Å². The Labute approximate surface area is 160 Å². The highest BCUT2D eigenvalue weighted by atomic mass is 16.5. The second-order valence-electron chi connectivity index (χ2n) is 7.76. The predicted molar refractivity (Wildman–Crippen MR) is 104 cm³/mol. The van der Waals surface area contributed by atoms with E-state index in [4.69, 9.17) is 4.74 Å². The van der Waals surface area contributed by atoms with Crippen LogP contribution in [0.3, 0.4) is 0 Å². The van der Waals surface area contributed by atoms with Gasteiger partial charge in [-0.1, -0.05) is 30.3 Å². The number of carbonyl (C=O) groups excluding carboxylic acids is 1. The number of morpholine rings is 1. The van der Waals surface area contributed by atoms with Gasteiger partial charge in [0, 0.05) is 24.3 Å². The normalized spacial score (nSPS) is 22.7. The Morgan fingerprint density at radius 2 is 2.04 bits per heavy atom. The number of amides is 1. The minimum absolute atomic E-state index is 0.0234. The number of ether oxygens (including phenoxy) is 1. The van der Waals surface area contributed by atoms with E-state index in [1.165, 1.54) is 0 Å². The van der Waals surface area contributed by atoms with Crippen LogP contribution in [0.25, 0.3) is 0 Å². The van der Waals surface area contributed by atoms with Crippen molar-refractivity contribution in [2.45, 2.75) is 37.8 Å². The molecule has 2 aromatic rings. The Balaban J connectivity index is 1.68. The molecule has 6 nitrogen and oxygen atoms in total. The van der Waals surface area contributed by atoms with E-state index >= 15 is 0 Å². The van der Waals surface area contributed by atoms with Crippen LogP contribution < -0.4 is 0 Å². The van der Waals surface area contributed by atoms with E-state index < -0.39 is 0 Å². The molecule has 1 aliphatic heterocycles. The number of aromatic nitrogens is 2. The smallest absolute Gasteiger partial charge is 0.275 e. The van der Waals surface area contributed by atoms with Gasteiger partial charge in [-0.15, -0.1) is 0 Å². The molecule has 1 aliphatic carbocycles. The topological polar surface area (TPSA) is 61.5 Å². The molecule has 2 aliphatic rings. The van der Waals surface area contributed by atoms with Crippen molar-refractivity contribution in [3.05, 3.63) is 52.8 Å². The monoisotopic (exact) mass is 368 g/mol. The second-order valence-corrected chi connectivity index (χ2v) is 7.76. The van der Waals surface area contributed by atoms with Crippen molar-refractivity contribution in [3.63, 3.8) is 0 Å². The van der Waals surface area contributed by atoms with E-state index in [2.05, 4.69) is 27.2 Å². The molecule has 1 aromatic carbocycles. The van der Waals surface area contributed by atoms with Crippen LogP contribution in [0.5, 0.6) is 0 Å². The molecule has 0 spiro atoms. The summed E-state index contributed by atoms with van der Waals surface area (Å²) in [6.07, 6.45) is 4.16. The van der Waals surface area contributed by atoms with Crippen molar-refractivity contribution in [1.82, 2.24) is 20.0 Å². The van der Waals surface area contributed by atoms with Gasteiger partial charge >= 0.3 is 0 Å². The van der Waals surface area contributed by atoms with E-state index in [1.54, 1.807) is 0 Å². The average Bonchev–Trinajstić information content (AvgIpc) is 3.11. The molecule has 144 valence electrons. The molecule has 6 heteroatoms. The third-order valence-corrected chi connectivity index (χ3v) is 5.56. The van der Waals surface area contributed by atoms with Crippen molar-refractivity contribution in [2.24, 2.45) is 0 Å². The minimum atomic E-state index is -0.106. The van der Waals surface area contributed by atoms with Crippen LogP contribution in [0.15, 0.2) is 30.3 Å². The zero-order valence-electron chi connectivity index (χ0n) is 16.1. The Morgan fingerprint density at radius 1 is 1.26 bits per heavy atom. The Morgan fingerprint density at radius 3 is 2.81 bits per heavy atom. The van der Waals surface area contributed by atoms with Crippen molar-refractivity contribution in [3.8, 4) is 0 Å². The lowest BCUT2D eigenvalue weighted by Gasteiger charge is -2.42. The molecule has 0 saturated carbocycles.